The standard InChI is InChI=1S/C42H31ClN2O/c43-29-24-28(25-33(26-29)44(30-14-4-1-5-15-30)31-16-6-2-7-17-31)36-27-37-34-20-10-12-22-38(34)45(32-18-8-3-9-19-32)41(37)42-40(36)35-21-11-13-23-39(35)46-42/h1-12,14-18,20-22,24-27,32H,13,19,23H2. The van der Waals surface area contributed by atoms with Crippen molar-refractivity contribution in [3.8, 4) is 11.1 Å². The Balaban J connectivity index is 1.36. The molecule has 1 atom stereocenters. The van der Waals surface area contributed by atoms with Crippen LogP contribution in [0.25, 0.3) is 50.0 Å². The fourth-order valence-corrected chi connectivity index (χ4v) is 7.61. The summed E-state index contributed by atoms with van der Waals surface area (Å²) in [6.07, 6.45) is 16.2. The number of furan rings is 1. The molecule has 2 heterocycles. The Kier molecular flexibility index (Phi) is 6.46. The summed E-state index contributed by atoms with van der Waals surface area (Å²) in [7, 11) is 0. The van der Waals surface area contributed by atoms with Gasteiger partial charge in [-0.1, -0.05) is 103 Å². The lowest BCUT2D eigenvalue weighted by Gasteiger charge is -2.26. The van der Waals surface area contributed by atoms with Crippen LogP contribution in [-0.4, -0.2) is 4.57 Å². The Labute approximate surface area is 272 Å². The predicted octanol–water partition coefficient (Wildman–Crippen LogP) is 12.3. The quantitative estimate of drug-likeness (QED) is 0.192. The number of halogens is 1. The number of anilines is 3. The Morgan fingerprint density at radius 2 is 1.50 bits per heavy atom. The van der Waals surface area contributed by atoms with E-state index in [0.717, 1.165) is 69.7 Å². The van der Waals surface area contributed by atoms with Gasteiger partial charge in [-0.15, -0.1) is 0 Å². The number of hydrogen-bond donors (Lipinski definition) is 0. The SMILES string of the molecule is Clc1cc(-c2cc3c4ccccc4n(C4C=CC=CC4)c3c3oc4c(c23)C=CCC4)cc(N(c2ccccc2)c2ccccc2)c1. The maximum Gasteiger partial charge on any atom is 0.159 e. The van der Waals surface area contributed by atoms with Crippen LogP contribution in [-0.2, 0) is 6.42 Å². The minimum atomic E-state index is 0.210. The fourth-order valence-electron chi connectivity index (χ4n) is 7.38. The summed E-state index contributed by atoms with van der Waals surface area (Å²) in [5, 5.41) is 4.26. The lowest BCUT2D eigenvalue weighted by molar-refractivity contribution is 0.545. The Morgan fingerprint density at radius 1 is 0.739 bits per heavy atom. The summed E-state index contributed by atoms with van der Waals surface area (Å²) in [6.45, 7) is 0. The van der Waals surface area contributed by atoms with Gasteiger partial charge in [-0.2, -0.15) is 0 Å². The van der Waals surface area contributed by atoms with Crippen LogP contribution >= 0.6 is 11.6 Å². The number of rotatable bonds is 5. The average Bonchev–Trinajstić information content (AvgIpc) is 3.66. The molecule has 9 rings (SSSR count). The number of para-hydroxylation sites is 3. The molecule has 0 aliphatic heterocycles. The maximum atomic E-state index is 7.02. The van der Waals surface area contributed by atoms with Gasteiger partial charge < -0.3 is 13.9 Å². The third-order valence-corrected chi connectivity index (χ3v) is 9.56. The van der Waals surface area contributed by atoms with E-state index in [0.29, 0.717) is 5.02 Å². The Hall–Kier alpha value is -5.25. The smallest absolute Gasteiger partial charge is 0.159 e. The second-order valence-corrected chi connectivity index (χ2v) is 12.5. The molecule has 2 aliphatic carbocycles. The lowest BCUT2D eigenvalue weighted by Crippen LogP contribution is -2.09. The van der Waals surface area contributed by atoms with Gasteiger partial charge in [0.05, 0.1) is 11.6 Å². The third kappa shape index (κ3) is 4.34. The van der Waals surface area contributed by atoms with Gasteiger partial charge >= 0.3 is 0 Å². The second kappa shape index (κ2) is 11.0. The zero-order chi connectivity index (χ0) is 30.6. The minimum absolute atomic E-state index is 0.210. The number of fused-ring (bicyclic) bond motifs is 7. The molecule has 0 fully saturated rings. The first-order valence-electron chi connectivity index (χ1n) is 16.0. The topological polar surface area (TPSA) is 21.3 Å². The van der Waals surface area contributed by atoms with Crippen LogP contribution in [0.2, 0.25) is 5.02 Å². The van der Waals surface area contributed by atoms with Crippen LogP contribution in [0.3, 0.4) is 0 Å². The summed E-state index contributed by atoms with van der Waals surface area (Å²) in [4.78, 5) is 2.27. The minimum Gasteiger partial charge on any atom is -0.458 e. The predicted molar refractivity (Wildman–Crippen MR) is 194 cm³/mol. The van der Waals surface area contributed by atoms with Gasteiger partial charge in [-0.3, -0.25) is 0 Å². The molecule has 0 radical (unpaired) electrons. The van der Waals surface area contributed by atoms with E-state index < -0.39 is 0 Å². The molecule has 1 unspecified atom stereocenters. The normalized spacial score (nSPS) is 15.6. The molecule has 0 saturated heterocycles. The summed E-state index contributed by atoms with van der Waals surface area (Å²) in [5.74, 6) is 1.06. The van der Waals surface area contributed by atoms with E-state index in [1.165, 1.54) is 21.9 Å². The lowest BCUT2D eigenvalue weighted by atomic mass is 9.93. The van der Waals surface area contributed by atoms with Crippen molar-refractivity contribution < 1.29 is 4.42 Å². The molecule has 7 aromatic rings. The summed E-state index contributed by atoms with van der Waals surface area (Å²) >= 11 is 7.02. The van der Waals surface area contributed by atoms with E-state index in [1.807, 2.05) is 12.1 Å². The van der Waals surface area contributed by atoms with Crippen LogP contribution in [0.4, 0.5) is 17.1 Å². The molecule has 0 saturated carbocycles. The van der Waals surface area contributed by atoms with E-state index in [2.05, 4.69) is 143 Å². The molecule has 0 N–H and O–H groups in total. The van der Waals surface area contributed by atoms with E-state index in [1.54, 1.807) is 0 Å². The van der Waals surface area contributed by atoms with Crippen molar-refractivity contribution in [2.24, 2.45) is 0 Å². The van der Waals surface area contributed by atoms with E-state index in [9.17, 15) is 0 Å². The monoisotopic (exact) mass is 614 g/mol. The van der Waals surface area contributed by atoms with Crippen molar-refractivity contribution >= 4 is 67.5 Å². The number of benzene rings is 5. The molecule has 46 heavy (non-hydrogen) atoms. The summed E-state index contributed by atoms with van der Waals surface area (Å²) in [5.41, 5.74) is 9.85. The highest BCUT2D eigenvalue weighted by Gasteiger charge is 2.27. The molecular weight excluding hydrogens is 584 g/mol. The van der Waals surface area contributed by atoms with Crippen LogP contribution < -0.4 is 4.90 Å². The number of hydrogen-bond acceptors (Lipinski definition) is 2. The van der Waals surface area contributed by atoms with E-state index in [4.69, 9.17) is 16.0 Å². The molecule has 0 bridgehead atoms. The van der Waals surface area contributed by atoms with Crippen molar-refractivity contribution in [2.75, 3.05) is 4.90 Å². The van der Waals surface area contributed by atoms with Gasteiger partial charge in [0.1, 0.15) is 5.76 Å². The first-order chi connectivity index (χ1) is 22.7. The zero-order valence-corrected chi connectivity index (χ0v) is 26.0. The van der Waals surface area contributed by atoms with E-state index in [-0.39, 0.29) is 6.04 Å². The van der Waals surface area contributed by atoms with Gasteiger partial charge in [0.25, 0.3) is 0 Å². The van der Waals surface area contributed by atoms with Crippen LogP contribution in [0.5, 0.6) is 0 Å². The molecule has 5 aromatic carbocycles. The van der Waals surface area contributed by atoms with Crippen LogP contribution in [0, 0.1) is 0 Å². The highest BCUT2D eigenvalue weighted by atomic mass is 35.5. The molecule has 0 amide bonds. The Bertz CT molecular complexity index is 2320. The number of allylic oxidation sites excluding steroid dienone is 5. The number of nitrogens with zero attached hydrogens (tertiary/aromatic N) is 2. The van der Waals surface area contributed by atoms with Gasteiger partial charge in [-0.25, -0.2) is 0 Å². The van der Waals surface area contributed by atoms with Crippen molar-refractivity contribution in [1.82, 2.24) is 4.57 Å². The number of aromatic nitrogens is 1. The molecule has 2 aromatic heterocycles. The first kappa shape index (κ1) is 27.1. The van der Waals surface area contributed by atoms with Crippen LogP contribution in [0.1, 0.15) is 30.2 Å². The van der Waals surface area contributed by atoms with Crippen molar-refractivity contribution in [2.45, 2.75) is 25.3 Å². The first-order valence-corrected chi connectivity index (χ1v) is 16.3. The third-order valence-electron chi connectivity index (χ3n) is 9.34. The average molecular weight is 615 g/mol. The van der Waals surface area contributed by atoms with Gasteiger partial charge in [0, 0.05) is 55.7 Å². The molecule has 3 nitrogen and oxygen atoms in total. The highest BCUT2D eigenvalue weighted by Crippen LogP contribution is 2.47. The van der Waals surface area contributed by atoms with Crippen molar-refractivity contribution in [1.29, 1.82) is 0 Å². The maximum absolute atomic E-state index is 7.02. The molecule has 222 valence electrons. The highest BCUT2D eigenvalue weighted by molar-refractivity contribution is 6.31. The van der Waals surface area contributed by atoms with Gasteiger partial charge in [0.15, 0.2) is 5.58 Å². The van der Waals surface area contributed by atoms with Gasteiger partial charge in [-0.05, 0) is 78.6 Å². The van der Waals surface area contributed by atoms with Crippen LogP contribution in [0.15, 0.2) is 144 Å². The number of aryl methyl sites for hydroxylation is 1. The molecule has 2 aliphatic rings. The summed E-state index contributed by atoms with van der Waals surface area (Å²) < 4.78 is 9.41. The molecular formula is C42H31ClN2O. The zero-order valence-electron chi connectivity index (χ0n) is 25.2. The van der Waals surface area contributed by atoms with Crippen molar-refractivity contribution in [3.63, 3.8) is 0 Å². The second-order valence-electron chi connectivity index (χ2n) is 12.1. The Morgan fingerprint density at radius 3 is 2.26 bits per heavy atom. The van der Waals surface area contributed by atoms with E-state index >= 15 is 0 Å². The van der Waals surface area contributed by atoms with Crippen molar-refractivity contribution in [3.05, 3.63) is 156 Å². The fraction of sp³-hybridized carbons (Fsp3) is 0.0952. The molecule has 4 heteroatoms. The largest absolute Gasteiger partial charge is 0.458 e. The van der Waals surface area contributed by atoms with Gasteiger partial charge in [0.2, 0.25) is 0 Å². The summed E-state index contributed by atoms with van der Waals surface area (Å²) in [6, 6.07) is 38.7. The molecule has 0 spiro atoms.